The van der Waals surface area contributed by atoms with E-state index in [-0.39, 0.29) is 42.8 Å². The molecule has 2 saturated carbocycles. The lowest BCUT2D eigenvalue weighted by molar-refractivity contribution is -0.182. The number of fused-ring (bicyclic) bond motifs is 1. The number of phenolic OH excluding ortho intramolecular Hbond substituents is 1. The second-order valence-electron chi connectivity index (χ2n) is 12.1. The summed E-state index contributed by atoms with van der Waals surface area (Å²) < 4.78 is 0. The number of carbonyl (C=O) groups is 3. The molecule has 1 aromatic carbocycles. The highest BCUT2D eigenvalue weighted by Crippen LogP contribution is 2.59. The fraction of sp³-hybridized carbons (Fsp3) is 0.679. The number of rotatable bonds is 8. The van der Waals surface area contributed by atoms with Crippen molar-refractivity contribution in [2.24, 2.45) is 17.8 Å². The van der Waals surface area contributed by atoms with E-state index in [4.69, 9.17) is 0 Å². The summed E-state index contributed by atoms with van der Waals surface area (Å²) in [5.41, 5.74) is -0.0457. The number of likely N-dealkylation sites (tertiary alicyclic amines) is 1. The van der Waals surface area contributed by atoms with Gasteiger partial charge in [0.2, 0.25) is 5.91 Å². The van der Waals surface area contributed by atoms with Crippen LogP contribution in [0.5, 0.6) is 5.75 Å². The molecule has 1 amide bonds. The summed E-state index contributed by atoms with van der Waals surface area (Å²) in [4.78, 5) is 40.4. The van der Waals surface area contributed by atoms with Crippen LogP contribution in [0.15, 0.2) is 18.2 Å². The highest BCUT2D eigenvalue weighted by atomic mass is 16.4. The third-order valence-electron chi connectivity index (χ3n) is 9.12. The zero-order chi connectivity index (χ0) is 25.8. The van der Waals surface area contributed by atoms with Crippen LogP contribution in [-0.4, -0.2) is 68.7 Å². The lowest BCUT2D eigenvalue weighted by Gasteiger charge is -2.64. The Bertz CT molecular complexity index is 1070. The number of nitrogens with one attached hydrogen (secondary N) is 1. The van der Waals surface area contributed by atoms with Gasteiger partial charge in [-0.15, -0.1) is 0 Å². The molecular weight excluding hydrogens is 460 g/mol. The predicted molar refractivity (Wildman–Crippen MR) is 133 cm³/mol. The molecule has 36 heavy (non-hydrogen) atoms. The number of carboxylic acid groups (broad SMARTS) is 1. The molecule has 8 heteroatoms. The number of phenols is 1. The number of benzene rings is 1. The second-order valence-corrected chi connectivity index (χ2v) is 12.1. The average Bonchev–Trinajstić information content (AvgIpc) is 3.60. The van der Waals surface area contributed by atoms with E-state index in [9.17, 15) is 29.7 Å². The molecule has 5 atom stereocenters. The van der Waals surface area contributed by atoms with Crippen molar-refractivity contribution in [3.05, 3.63) is 29.3 Å². The third-order valence-corrected chi connectivity index (χ3v) is 9.12. The van der Waals surface area contributed by atoms with Crippen LogP contribution in [0.1, 0.15) is 69.9 Å². The number of hydrogen-bond acceptors (Lipinski definition) is 6. The van der Waals surface area contributed by atoms with Gasteiger partial charge in [0.05, 0.1) is 5.60 Å². The molecule has 5 rings (SSSR count). The Morgan fingerprint density at radius 2 is 2.00 bits per heavy atom. The molecule has 1 aromatic rings. The minimum absolute atomic E-state index is 0.0730. The van der Waals surface area contributed by atoms with Crippen molar-refractivity contribution >= 4 is 17.7 Å². The Labute approximate surface area is 212 Å². The number of aliphatic hydroxyl groups is 1. The number of piperidine rings is 1. The van der Waals surface area contributed by atoms with E-state index >= 15 is 0 Å². The molecule has 2 bridgehead atoms. The first-order valence-electron chi connectivity index (χ1n) is 13.4. The van der Waals surface area contributed by atoms with Gasteiger partial charge >= 0.3 is 5.97 Å². The van der Waals surface area contributed by atoms with Crippen molar-refractivity contribution < 1.29 is 29.7 Å². The molecule has 4 aliphatic rings. The topological polar surface area (TPSA) is 127 Å². The van der Waals surface area contributed by atoms with Crippen molar-refractivity contribution in [2.75, 3.05) is 13.1 Å². The maximum absolute atomic E-state index is 13.5. The molecule has 0 radical (unpaired) electrons. The van der Waals surface area contributed by atoms with Gasteiger partial charge in [-0.25, -0.2) is 4.79 Å². The van der Waals surface area contributed by atoms with E-state index < -0.39 is 34.9 Å². The Kier molecular flexibility index (Phi) is 6.40. The van der Waals surface area contributed by atoms with E-state index in [0.717, 1.165) is 24.2 Å². The van der Waals surface area contributed by atoms with Crippen LogP contribution in [0.25, 0.3) is 0 Å². The standard InChI is InChI=1S/C28H38N2O6/c1-16(2)9-22(26(34)35)29-25(33)11-19-13-28(36)24-10-18-5-6-20(31)12-21(18)27(28,14-23(19)32)7-8-30(24)15-17-3-4-17/h5-6,12,16-17,19,22,24,31,36H,3-4,7-11,13-15H2,1-2H3,(H,29,33)(H,34,35)/t19-,22-,24+,27+,28+/m0/s1. The zero-order valence-corrected chi connectivity index (χ0v) is 21.2. The van der Waals surface area contributed by atoms with Gasteiger partial charge in [-0.3, -0.25) is 14.5 Å². The Morgan fingerprint density at radius 3 is 2.67 bits per heavy atom. The zero-order valence-electron chi connectivity index (χ0n) is 21.2. The van der Waals surface area contributed by atoms with Gasteiger partial charge < -0.3 is 20.6 Å². The molecule has 0 unspecified atom stereocenters. The van der Waals surface area contributed by atoms with Gasteiger partial charge in [-0.05, 0) is 80.2 Å². The monoisotopic (exact) mass is 498 g/mol. The number of ketones is 1. The van der Waals surface area contributed by atoms with Gasteiger partial charge in [-0.1, -0.05) is 19.9 Å². The summed E-state index contributed by atoms with van der Waals surface area (Å²) in [5.74, 6) is -1.41. The number of carbonyl (C=O) groups excluding carboxylic acids is 2. The third kappa shape index (κ3) is 4.32. The van der Waals surface area contributed by atoms with Gasteiger partial charge in [0.1, 0.15) is 17.6 Å². The minimum atomic E-state index is -1.20. The molecule has 196 valence electrons. The first kappa shape index (κ1) is 25.2. The maximum atomic E-state index is 13.5. The van der Waals surface area contributed by atoms with Gasteiger partial charge in [-0.2, -0.15) is 0 Å². The van der Waals surface area contributed by atoms with Crippen LogP contribution >= 0.6 is 0 Å². The van der Waals surface area contributed by atoms with E-state index in [1.165, 1.54) is 12.8 Å². The molecule has 1 heterocycles. The van der Waals surface area contributed by atoms with Gasteiger partial charge in [0, 0.05) is 36.8 Å². The summed E-state index contributed by atoms with van der Waals surface area (Å²) in [5, 5.41) is 34.9. The molecule has 4 N–H and O–H groups in total. The normalized spacial score (nSPS) is 32.5. The quantitative estimate of drug-likeness (QED) is 0.433. The van der Waals surface area contributed by atoms with Crippen LogP contribution in [-0.2, 0) is 26.2 Å². The highest BCUT2D eigenvalue weighted by Gasteiger charge is 2.66. The molecule has 3 fully saturated rings. The van der Waals surface area contributed by atoms with Crippen molar-refractivity contribution in [2.45, 2.75) is 88.3 Å². The van der Waals surface area contributed by atoms with Crippen molar-refractivity contribution in [1.29, 1.82) is 0 Å². The lowest BCUT2D eigenvalue weighted by atomic mass is 9.47. The van der Waals surface area contributed by atoms with Gasteiger partial charge in [0.15, 0.2) is 0 Å². The smallest absolute Gasteiger partial charge is 0.326 e. The fourth-order valence-corrected chi connectivity index (χ4v) is 7.20. The lowest BCUT2D eigenvalue weighted by Crippen LogP contribution is -2.74. The van der Waals surface area contributed by atoms with Crippen LogP contribution < -0.4 is 5.32 Å². The van der Waals surface area contributed by atoms with Crippen molar-refractivity contribution in [3.8, 4) is 5.75 Å². The summed E-state index contributed by atoms with van der Waals surface area (Å²) in [7, 11) is 0. The molecule has 1 aliphatic heterocycles. The molecule has 1 saturated heterocycles. The number of nitrogens with zero attached hydrogens (tertiary/aromatic N) is 1. The van der Waals surface area contributed by atoms with E-state index in [0.29, 0.717) is 25.2 Å². The van der Waals surface area contributed by atoms with Crippen LogP contribution in [0.3, 0.4) is 0 Å². The van der Waals surface area contributed by atoms with E-state index in [2.05, 4.69) is 10.2 Å². The highest BCUT2D eigenvalue weighted by molar-refractivity contribution is 5.91. The summed E-state index contributed by atoms with van der Waals surface area (Å²) in [6.07, 6.45) is 4.17. The number of hydrogen-bond donors (Lipinski definition) is 4. The molecule has 0 spiro atoms. The summed E-state index contributed by atoms with van der Waals surface area (Å²) in [6.45, 7) is 5.52. The molecule has 8 nitrogen and oxygen atoms in total. The number of amides is 1. The summed E-state index contributed by atoms with van der Waals surface area (Å²) in [6, 6.07) is 4.16. The number of aliphatic carboxylic acids is 1. The van der Waals surface area contributed by atoms with Crippen molar-refractivity contribution in [3.63, 3.8) is 0 Å². The maximum Gasteiger partial charge on any atom is 0.326 e. The summed E-state index contributed by atoms with van der Waals surface area (Å²) >= 11 is 0. The number of Topliss-reactive ketones (excluding diaryl/α,β-unsaturated/α-hetero) is 1. The average molecular weight is 499 g/mol. The van der Waals surface area contributed by atoms with Gasteiger partial charge in [0.25, 0.3) is 0 Å². The largest absolute Gasteiger partial charge is 0.508 e. The second kappa shape index (κ2) is 9.14. The minimum Gasteiger partial charge on any atom is -0.508 e. The Hall–Kier alpha value is -2.45. The van der Waals surface area contributed by atoms with Crippen molar-refractivity contribution in [1.82, 2.24) is 10.2 Å². The molecular formula is C28H38N2O6. The van der Waals surface area contributed by atoms with Crippen LogP contribution in [0.4, 0.5) is 0 Å². The van der Waals surface area contributed by atoms with Crippen LogP contribution in [0.2, 0.25) is 0 Å². The molecule has 0 aromatic heterocycles. The van der Waals surface area contributed by atoms with E-state index in [1.807, 2.05) is 19.9 Å². The van der Waals surface area contributed by atoms with Crippen LogP contribution in [0, 0.1) is 17.8 Å². The molecule has 3 aliphatic carbocycles. The predicted octanol–water partition coefficient (Wildman–Crippen LogP) is 2.39. The number of carboxylic acids is 1. The SMILES string of the molecule is CC(C)C[C@H](NC(=O)C[C@H]1C[C@@]2(O)[C@H]3Cc4ccc(O)cc4[C@@]2(CCN3CC2CC2)CC1=O)C(=O)O. The van der Waals surface area contributed by atoms with E-state index in [1.54, 1.807) is 12.1 Å². The number of aromatic hydroxyl groups is 1. The Morgan fingerprint density at radius 1 is 1.25 bits per heavy atom. The first-order valence-corrected chi connectivity index (χ1v) is 13.4. The Balaban J connectivity index is 1.43. The first-order chi connectivity index (χ1) is 17.0. The fourth-order valence-electron chi connectivity index (χ4n) is 7.20.